The first-order valence-corrected chi connectivity index (χ1v) is 13.7. The Labute approximate surface area is 226 Å². The van der Waals surface area contributed by atoms with E-state index >= 15 is 0 Å². The summed E-state index contributed by atoms with van der Waals surface area (Å²) in [7, 11) is 1.59. The highest BCUT2D eigenvalue weighted by Crippen LogP contribution is 2.45. The van der Waals surface area contributed by atoms with Gasteiger partial charge in [-0.15, -0.1) is 0 Å². The summed E-state index contributed by atoms with van der Waals surface area (Å²) in [5.41, 5.74) is 2.23. The molecule has 1 atom stereocenters. The number of aromatic nitrogens is 1. The van der Waals surface area contributed by atoms with E-state index in [1.54, 1.807) is 20.2 Å². The second kappa shape index (κ2) is 12.9. The van der Waals surface area contributed by atoms with Crippen molar-refractivity contribution in [3.63, 3.8) is 0 Å². The molecule has 8 nitrogen and oxygen atoms in total. The zero-order valence-electron chi connectivity index (χ0n) is 21.7. The number of ether oxygens (including phenoxy) is 5. The number of pyridine rings is 1. The van der Waals surface area contributed by atoms with Gasteiger partial charge in [0.25, 0.3) is 0 Å². The summed E-state index contributed by atoms with van der Waals surface area (Å²) in [6.07, 6.45) is 2.36. The van der Waals surface area contributed by atoms with Gasteiger partial charge in [-0.3, -0.25) is 4.79 Å². The molecule has 2 aromatic rings. The van der Waals surface area contributed by atoms with Crippen molar-refractivity contribution >= 4 is 28.6 Å². The molecule has 1 aromatic heterocycles. The predicted molar refractivity (Wildman–Crippen MR) is 147 cm³/mol. The quantitative estimate of drug-likeness (QED) is 0.149. The van der Waals surface area contributed by atoms with E-state index in [2.05, 4.69) is 43.4 Å². The highest BCUT2D eigenvalue weighted by Gasteiger charge is 2.34. The monoisotopic (exact) mass is 613 g/mol. The molecule has 1 aromatic carbocycles. The molecule has 0 spiro atoms. The number of halogens is 1. The Morgan fingerprint density at radius 1 is 1.06 bits per heavy atom. The van der Waals surface area contributed by atoms with Gasteiger partial charge in [-0.05, 0) is 36.5 Å². The number of hydrogen-bond acceptors (Lipinski definition) is 7. The van der Waals surface area contributed by atoms with Crippen molar-refractivity contribution in [3.8, 4) is 22.8 Å². The SMILES string of the molecule is CCOC(=O)c1cn2c(cc1=O)-c1cc(OC)c(OCCOCCOCCI)cc1CC2C(C)(C)C. The van der Waals surface area contributed by atoms with Crippen LogP contribution in [0.25, 0.3) is 11.3 Å². The van der Waals surface area contributed by atoms with Crippen LogP contribution in [0.1, 0.15) is 49.7 Å². The normalized spacial score (nSPS) is 14.7. The van der Waals surface area contributed by atoms with Gasteiger partial charge in [0.15, 0.2) is 16.9 Å². The number of fused-ring (bicyclic) bond motifs is 3. The van der Waals surface area contributed by atoms with Crippen LogP contribution in [-0.4, -0.2) is 61.7 Å². The minimum atomic E-state index is -0.601. The summed E-state index contributed by atoms with van der Waals surface area (Å²) < 4.78 is 30.7. The Kier molecular flexibility index (Phi) is 10.2. The van der Waals surface area contributed by atoms with Crippen LogP contribution in [0, 0.1) is 5.41 Å². The van der Waals surface area contributed by atoms with Crippen molar-refractivity contribution in [2.24, 2.45) is 5.41 Å². The standard InChI is InChI=1S/C27H36INO7/c1-6-35-26(31)20-17-29-21(16-22(20)30)19-15-23(32-5)24(13-18(19)14-25(29)27(2,3)4)36-12-11-34-10-9-33-8-7-28/h13,15-17,25H,6-12,14H2,1-5H3. The second-order valence-corrected chi connectivity index (χ2v) is 10.7. The van der Waals surface area contributed by atoms with Gasteiger partial charge in [0, 0.05) is 28.3 Å². The molecule has 36 heavy (non-hydrogen) atoms. The van der Waals surface area contributed by atoms with E-state index in [9.17, 15) is 9.59 Å². The number of carbonyl (C=O) groups excluding carboxylic acids is 1. The zero-order chi connectivity index (χ0) is 26.3. The van der Waals surface area contributed by atoms with Crippen molar-refractivity contribution in [1.29, 1.82) is 0 Å². The number of carbonyl (C=O) groups is 1. The van der Waals surface area contributed by atoms with E-state index in [-0.39, 0.29) is 29.1 Å². The molecular formula is C27H36INO7. The number of hydrogen-bond donors (Lipinski definition) is 0. The first kappa shape index (κ1) is 28.5. The summed E-state index contributed by atoms with van der Waals surface area (Å²) in [5, 5.41) is 0. The average molecular weight is 613 g/mol. The Morgan fingerprint density at radius 3 is 2.39 bits per heavy atom. The molecule has 0 saturated carbocycles. The number of rotatable bonds is 12. The van der Waals surface area contributed by atoms with Crippen LogP contribution < -0.4 is 14.9 Å². The fourth-order valence-corrected chi connectivity index (χ4v) is 4.60. The molecule has 2 heterocycles. The van der Waals surface area contributed by atoms with E-state index in [1.165, 1.54) is 6.07 Å². The minimum absolute atomic E-state index is 0.0147. The molecule has 0 aliphatic carbocycles. The molecular weight excluding hydrogens is 577 g/mol. The summed E-state index contributed by atoms with van der Waals surface area (Å²) in [4.78, 5) is 25.3. The van der Waals surface area contributed by atoms with Gasteiger partial charge in [-0.25, -0.2) is 4.79 Å². The van der Waals surface area contributed by atoms with Gasteiger partial charge >= 0.3 is 5.97 Å². The van der Waals surface area contributed by atoms with Crippen LogP contribution in [0.15, 0.2) is 29.2 Å². The van der Waals surface area contributed by atoms with Gasteiger partial charge < -0.3 is 28.3 Å². The van der Waals surface area contributed by atoms with Gasteiger partial charge in [0.05, 0.1) is 45.8 Å². The molecule has 9 heteroatoms. The summed E-state index contributed by atoms with van der Waals surface area (Å²) in [5.74, 6) is 0.603. The molecule has 1 aliphatic rings. The second-order valence-electron chi connectivity index (χ2n) is 9.57. The van der Waals surface area contributed by atoms with Crippen molar-refractivity contribution in [1.82, 2.24) is 4.57 Å². The molecule has 0 radical (unpaired) electrons. The summed E-state index contributed by atoms with van der Waals surface area (Å²) in [6.45, 7) is 11.0. The van der Waals surface area contributed by atoms with E-state index < -0.39 is 5.97 Å². The lowest BCUT2D eigenvalue weighted by atomic mass is 9.78. The first-order valence-electron chi connectivity index (χ1n) is 12.2. The maximum Gasteiger partial charge on any atom is 0.343 e. The summed E-state index contributed by atoms with van der Waals surface area (Å²) in [6, 6.07) is 5.43. The Morgan fingerprint density at radius 2 is 1.75 bits per heavy atom. The van der Waals surface area contributed by atoms with Crippen LogP contribution in [0.3, 0.4) is 0 Å². The zero-order valence-corrected chi connectivity index (χ0v) is 23.9. The van der Waals surface area contributed by atoms with Crippen LogP contribution in [0.5, 0.6) is 11.5 Å². The predicted octanol–water partition coefficient (Wildman–Crippen LogP) is 4.69. The molecule has 0 N–H and O–H groups in total. The number of nitrogens with zero attached hydrogens (tertiary/aromatic N) is 1. The molecule has 0 fully saturated rings. The third-order valence-electron chi connectivity index (χ3n) is 6.07. The number of esters is 1. The van der Waals surface area contributed by atoms with Crippen LogP contribution in [0.4, 0.5) is 0 Å². The molecule has 1 unspecified atom stereocenters. The Balaban J connectivity index is 1.89. The Bertz CT molecular complexity index is 1110. The smallest absolute Gasteiger partial charge is 0.343 e. The van der Waals surface area contributed by atoms with Crippen molar-refractivity contribution < 1.29 is 28.5 Å². The van der Waals surface area contributed by atoms with E-state index in [1.807, 2.05) is 16.7 Å². The van der Waals surface area contributed by atoms with E-state index in [4.69, 9.17) is 23.7 Å². The largest absolute Gasteiger partial charge is 0.493 e. The lowest BCUT2D eigenvalue weighted by molar-refractivity contribution is 0.0413. The molecule has 198 valence electrons. The number of methoxy groups -OCH3 is 1. The van der Waals surface area contributed by atoms with Crippen molar-refractivity contribution in [2.75, 3.05) is 51.2 Å². The molecule has 0 bridgehead atoms. The average Bonchev–Trinajstić information content (AvgIpc) is 2.83. The Hall–Kier alpha value is -2.11. The lowest BCUT2D eigenvalue weighted by Gasteiger charge is -2.39. The highest BCUT2D eigenvalue weighted by molar-refractivity contribution is 14.1. The highest BCUT2D eigenvalue weighted by atomic mass is 127. The minimum Gasteiger partial charge on any atom is -0.493 e. The molecule has 1 aliphatic heterocycles. The molecule has 0 saturated heterocycles. The fourth-order valence-electron chi connectivity index (χ4n) is 4.28. The number of alkyl halides is 1. The van der Waals surface area contributed by atoms with Crippen LogP contribution in [-0.2, 0) is 20.6 Å². The van der Waals surface area contributed by atoms with E-state index in [0.717, 1.165) is 27.9 Å². The van der Waals surface area contributed by atoms with Gasteiger partial charge in [-0.2, -0.15) is 0 Å². The van der Waals surface area contributed by atoms with E-state index in [0.29, 0.717) is 44.3 Å². The van der Waals surface area contributed by atoms with Crippen LogP contribution in [0.2, 0.25) is 0 Å². The lowest BCUT2D eigenvalue weighted by Crippen LogP contribution is -2.33. The van der Waals surface area contributed by atoms with Gasteiger partial charge in [0.1, 0.15) is 12.2 Å². The van der Waals surface area contributed by atoms with Gasteiger partial charge in [0.2, 0.25) is 0 Å². The topological polar surface area (TPSA) is 85.2 Å². The van der Waals surface area contributed by atoms with Crippen molar-refractivity contribution in [3.05, 3.63) is 45.7 Å². The van der Waals surface area contributed by atoms with Gasteiger partial charge in [-0.1, -0.05) is 43.4 Å². The third kappa shape index (κ3) is 6.80. The summed E-state index contributed by atoms with van der Waals surface area (Å²) >= 11 is 2.27. The van der Waals surface area contributed by atoms with Crippen molar-refractivity contribution in [2.45, 2.75) is 40.2 Å². The molecule has 0 amide bonds. The third-order valence-corrected chi connectivity index (χ3v) is 6.51. The maximum atomic E-state index is 12.9. The van der Waals surface area contributed by atoms with Crippen LogP contribution >= 0.6 is 22.6 Å². The maximum absolute atomic E-state index is 12.9. The number of benzene rings is 1. The fraction of sp³-hybridized carbons (Fsp3) is 0.556. The first-order chi connectivity index (χ1) is 17.2. The molecule has 3 rings (SSSR count).